The molecular formula is C10H3BrF2N2O. The summed E-state index contributed by atoms with van der Waals surface area (Å²) in [5.74, 6) is -1.64. The van der Waals surface area contributed by atoms with E-state index in [1.54, 1.807) is 6.07 Å². The number of H-pyrrole nitrogens is 1. The molecule has 1 aromatic carbocycles. The lowest BCUT2D eigenvalue weighted by Crippen LogP contribution is -2.10. The number of hydrogen-bond acceptors (Lipinski definition) is 2. The number of aromatic nitrogens is 1. The third-order valence-corrected chi connectivity index (χ3v) is 2.70. The highest BCUT2D eigenvalue weighted by Gasteiger charge is 2.15. The number of halogens is 3. The van der Waals surface area contributed by atoms with Gasteiger partial charge in [0, 0.05) is 6.20 Å². The fraction of sp³-hybridized carbons (Fsp3) is 0. The van der Waals surface area contributed by atoms with Crippen LogP contribution in [0, 0.1) is 23.0 Å². The number of benzene rings is 1. The minimum atomic E-state index is -0.880. The second kappa shape index (κ2) is 3.68. The average molecular weight is 285 g/mol. The van der Waals surface area contributed by atoms with E-state index in [2.05, 4.69) is 20.9 Å². The van der Waals surface area contributed by atoms with Crippen molar-refractivity contribution < 1.29 is 8.78 Å². The topological polar surface area (TPSA) is 56.6 Å². The molecule has 1 heterocycles. The molecule has 80 valence electrons. The van der Waals surface area contributed by atoms with Gasteiger partial charge < -0.3 is 4.98 Å². The summed E-state index contributed by atoms with van der Waals surface area (Å²) in [5.41, 5.74) is -1.33. The van der Waals surface area contributed by atoms with Crippen LogP contribution in [0.4, 0.5) is 8.78 Å². The Bertz CT molecular complexity index is 688. The number of pyridine rings is 1. The summed E-state index contributed by atoms with van der Waals surface area (Å²) in [6, 6.07) is 2.52. The molecule has 0 aliphatic rings. The van der Waals surface area contributed by atoms with E-state index >= 15 is 0 Å². The Labute approximate surface area is 96.5 Å². The van der Waals surface area contributed by atoms with Gasteiger partial charge in [-0.3, -0.25) is 4.79 Å². The Morgan fingerprint density at radius 3 is 2.75 bits per heavy atom. The van der Waals surface area contributed by atoms with Crippen molar-refractivity contribution in [3.05, 3.63) is 44.2 Å². The van der Waals surface area contributed by atoms with Crippen LogP contribution in [0.2, 0.25) is 0 Å². The molecule has 0 atom stereocenters. The smallest absolute Gasteiger partial charge is 0.210 e. The van der Waals surface area contributed by atoms with E-state index < -0.39 is 22.4 Å². The third-order valence-electron chi connectivity index (χ3n) is 2.12. The molecule has 0 saturated carbocycles. The molecule has 2 rings (SSSR count). The number of nitrogens with one attached hydrogen (secondary N) is 1. The molecule has 0 aliphatic carbocycles. The number of rotatable bonds is 0. The summed E-state index contributed by atoms with van der Waals surface area (Å²) in [6.07, 6.45) is 1.06. The van der Waals surface area contributed by atoms with Crippen molar-refractivity contribution in [3.8, 4) is 6.07 Å². The highest BCUT2D eigenvalue weighted by molar-refractivity contribution is 9.10. The van der Waals surface area contributed by atoms with Gasteiger partial charge >= 0.3 is 0 Å². The summed E-state index contributed by atoms with van der Waals surface area (Å²) in [6.45, 7) is 0. The van der Waals surface area contributed by atoms with Gasteiger partial charge in [0.1, 0.15) is 17.4 Å². The highest BCUT2D eigenvalue weighted by Crippen LogP contribution is 2.24. The van der Waals surface area contributed by atoms with E-state index in [1.165, 1.54) is 0 Å². The second-order valence-corrected chi connectivity index (χ2v) is 3.90. The van der Waals surface area contributed by atoms with Gasteiger partial charge in [0.05, 0.1) is 15.4 Å². The van der Waals surface area contributed by atoms with Crippen LogP contribution in [-0.4, -0.2) is 4.98 Å². The predicted molar refractivity (Wildman–Crippen MR) is 56.9 cm³/mol. The van der Waals surface area contributed by atoms with Crippen molar-refractivity contribution in [2.24, 2.45) is 0 Å². The van der Waals surface area contributed by atoms with Gasteiger partial charge in [-0.05, 0) is 22.0 Å². The van der Waals surface area contributed by atoms with Gasteiger partial charge in [-0.15, -0.1) is 0 Å². The molecule has 0 bridgehead atoms. The van der Waals surface area contributed by atoms with E-state index in [9.17, 15) is 13.6 Å². The average Bonchev–Trinajstić information content (AvgIpc) is 2.26. The monoisotopic (exact) mass is 284 g/mol. The highest BCUT2D eigenvalue weighted by atomic mass is 79.9. The van der Waals surface area contributed by atoms with Crippen molar-refractivity contribution in [3.63, 3.8) is 0 Å². The molecule has 0 spiro atoms. The molecule has 16 heavy (non-hydrogen) atoms. The van der Waals surface area contributed by atoms with E-state index in [0.717, 1.165) is 12.3 Å². The quantitative estimate of drug-likeness (QED) is 0.756. The lowest BCUT2D eigenvalue weighted by Gasteiger charge is -2.03. The van der Waals surface area contributed by atoms with Crippen LogP contribution in [-0.2, 0) is 0 Å². The lowest BCUT2D eigenvalue weighted by atomic mass is 10.1. The molecule has 0 radical (unpaired) electrons. The molecule has 0 aliphatic heterocycles. The number of fused-ring (bicyclic) bond motifs is 1. The minimum absolute atomic E-state index is 0.155. The van der Waals surface area contributed by atoms with Crippen LogP contribution < -0.4 is 5.43 Å². The van der Waals surface area contributed by atoms with Gasteiger partial charge in [-0.1, -0.05) is 0 Å². The molecular weight excluding hydrogens is 282 g/mol. The van der Waals surface area contributed by atoms with Crippen LogP contribution in [0.5, 0.6) is 0 Å². The zero-order chi connectivity index (χ0) is 11.9. The van der Waals surface area contributed by atoms with E-state index in [0.29, 0.717) is 0 Å². The molecule has 0 saturated heterocycles. The summed E-state index contributed by atoms with van der Waals surface area (Å²) in [4.78, 5) is 14.0. The molecule has 0 unspecified atom stereocenters. The first-order valence-electron chi connectivity index (χ1n) is 4.15. The van der Waals surface area contributed by atoms with Crippen LogP contribution >= 0.6 is 15.9 Å². The fourth-order valence-electron chi connectivity index (χ4n) is 1.38. The Kier molecular flexibility index (Phi) is 2.48. The normalized spacial score (nSPS) is 10.4. The molecule has 0 fully saturated rings. The third kappa shape index (κ3) is 1.41. The number of nitriles is 1. The molecule has 3 nitrogen and oxygen atoms in total. The summed E-state index contributed by atoms with van der Waals surface area (Å²) < 4.78 is 26.9. The largest absolute Gasteiger partial charge is 0.357 e. The Morgan fingerprint density at radius 2 is 2.12 bits per heavy atom. The first-order valence-corrected chi connectivity index (χ1v) is 4.94. The van der Waals surface area contributed by atoms with E-state index in [-0.39, 0.29) is 15.6 Å². The SMILES string of the molecule is N#Cc1c[nH]c2c(F)cc(Br)c(F)c2c1=O. The van der Waals surface area contributed by atoms with Crippen LogP contribution in [0.1, 0.15) is 5.56 Å². The zero-order valence-electron chi connectivity index (χ0n) is 7.64. The fourth-order valence-corrected chi connectivity index (χ4v) is 1.78. The van der Waals surface area contributed by atoms with Crippen LogP contribution in [0.3, 0.4) is 0 Å². The van der Waals surface area contributed by atoms with Crippen molar-refractivity contribution in [1.29, 1.82) is 5.26 Å². The first-order chi connectivity index (χ1) is 7.56. The number of nitrogens with zero attached hydrogens (tertiary/aromatic N) is 1. The lowest BCUT2D eigenvalue weighted by molar-refractivity contribution is 0.609. The van der Waals surface area contributed by atoms with E-state index in [4.69, 9.17) is 5.26 Å². The molecule has 2 aromatic rings. The summed E-state index contributed by atoms with van der Waals surface area (Å²) in [7, 11) is 0. The van der Waals surface area contributed by atoms with Crippen molar-refractivity contribution >= 4 is 26.8 Å². The zero-order valence-corrected chi connectivity index (χ0v) is 9.23. The van der Waals surface area contributed by atoms with Gasteiger partial charge in [0.25, 0.3) is 0 Å². The second-order valence-electron chi connectivity index (χ2n) is 3.05. The standard InChI is InChI=1S/C10H3BrF2N2O/c11-5-1-6(12)9-7(8(5)13)10(16)4(2-14)3-15-9/h1,3H,(H,15,16). The Morgan fingerprint density at radius 1 is 1.44 bits per heavy atom. The van der Waals surface area contributed by atoms with E-state index in [1.807, 2.05) is 0 Å². The van der Waals surface area contributed by atoms with Gasteiger partial charge in [0.15, 0.2) is 5.82 Å². The molecule has 1 N–H and O–H groups in total. The van der Waals surface area contributed by atoms with Crippen LogP contribution in [0.25, 0.3) is 10.9 Å². The molecule has 0 amide bonds. The Hall–Kier alpha value is -1.74. The van der Waals surface area contributed by atoms with Gasteiger partial charge in [-0.2, -0.15) is 5.26 Å². The maximum absolute atomic E-state index is 13.6. The van der Waals surface area contributed by atoms with Gasteiger partial charge in [0.2, 0.25) is 5.43 Å². The van der Waals surface area contributed by atoms with Crippen molar-refractivity contribution in [1.82, 2.24) is 4.98 Å². The minimum Gasteiger partial charge on any atom is -0.357 e. The molecule has 1 aromatic heterocycles. The predicted octanol–water partition coefficient (Wildman–Crippen LogP) is 2.44. The maximum atomic E-state index is 13.6. The van der Waals surface area contributed by atoms with Crippen LogP contribution in [0.15, 0.2) is 21.5 Å². The maximum Gasteiger partial charge on any atom is 0.210 e. The summed E-state index contributed by atoms with van der Waals surface area (Å²) in [5, 5.41) is 8.16. The Balaban J connectivity index is 3.10. The molecule has 6 heteroatoms. The number of hydrogen-bond donors (Lipinski definition) is 1. The van der Waals surface area contributed by atoms with Crippen molar-refractivity contribution in [2.45, 2.75) is 0 Å². The number of aromatic amines is 1. The first kappa shape index (κ1) is 10.8. The van der Waals surface area contributed by atoms with Crippen molar-refractivity contribution in [2.75, 3.05) is 0 Å². The summed E-state index contributed by atoms with van der Waals surface area (Å²) >= 11 is 2.80. The van der Waals surface area contributed by atoms with Gasteiger partial charge in [-0.25, -0.2) is 8.78 Å².